The Balaban J connectivity index is 1.90. The van der Waals surface area contributed by atoms with Crippen molar-refractivity contribution in [1.29, 1.82) is 0 Å². The van der Waals surface area contributed by atoms with Gasteiger partial charge in [-0.25, -0.2) is 14.8 Å². The maximum Gasteiger partial charge on any atom is 0.348 e. The number of hydrogen-bond donors (Lipinski definition) is 1. The zero-order chi connectivity index (χ0) is 18.5. The number of anilines is 2. The third kappa shape index (κ3) is 3.84. The van der Waals surface area contributed by atoms with Crippen LogP contribution in [0.4, 0.5) is 11.5 Å². The molecular weight excluding hydrogens is 350 g/mol. The number of nitrogens with one attached hydrogen (secondary N) is 1. The summed E-state index contributed by atoms with van der Waals surface area (Å²) in [6.45, 7) is 4.61. The summed E-state index contributed by atoms with van der Waals surface area (Å²) in [7, 11) is 1.57. The van der Waals surface area contributed by atoms with Crippen LogP contribution in [-0.2, 0) is 15.9 Å². The summed E-state index contributed by atoms with van der Waals surface area (Å²) in [4.78, 5) is 22.3. The molecular formula is C19H21N3O3S. The third-order valence-corrected chi connectivity index (χ3v) is 5.24. The molecule has 26 heavy (non-hydrogen) atoms. The zero-order valence-electron chi connectivity index (χ0n) is 15.0. The summed E-state index contributed by atoms with van der Waals surface area (Å²) in [5.41, 5.74) is 3.04. The second-order valence-corrected chi connectivity index (χ2v) is 6.76. The minimum absolute atomic E-state index is 0.226. The zero-order valence-corrected chi connectivity index (χ0v) is 15.9. The number of aromatic nitrogens is 2. The lowest BCUT2D eigenvalue weighted by molar-refractivity contribution is 0.0393. The van der Waals surface area contributed by atoms with E-state index in [1.807, 2.05) is 19.1 Å². The summed E-state index contributed by atoms with van der Waals surface area (Å²) in [5, 5.41) is 4.17. The van der Waals surface area contributed by atoms with Crippen molar-refractivity contribution in [3.05, 3.63) is 46.6 Å². The van der Waals surface area contributed by atoms with Crippen molar-refractivity contribution in [3.63, 3.8) is 0 Å². The molecule has 0 aliphatic rings. The number of hydrogen-bond acceptors (Lipinski definition) is 7. The highest BCUT2D eigenvalue weighted by Gasteiger charge is 2.20. The van der Waals surface area contributed by atoms with Crippen LogP contribution in [0.25, 0.3) is 10.2 Å². The largest absolute Gasteiger partial charge is 0.459 e. The van der Waals surface area contributed by atoms with Gasteiger partial charge in [-0.15, -0.1) is 11.3 Å². The predicted molar refractivity (Wildman–Crippen MR) is 103 cm³/mol. The molecule has 6 nitrogen and oxygen atoms in total. The van der Waals surface area contributed by atoms with E-state index >= 15 is 0 Å². The van der Waals surface area contributed by atoms with Gasteiger partial charge in [0.2, 0.25) is 0 Å². The van der Waals surface area contributed by atoms with E-state index in [1.54, 1.807) is 7.11 Å². The van der Waals surface area contributed by atoms with Crippen molar-refractivity contribution in [3.8, 4) is 0 Å². The van der Waals surface area contributed by atoms with Crippen LogP contribution in [0, 0.1) is 6.92 Å². The first-order chi connectivity index (χ1) is 12.6. The Morgan fingerprint density at radius 2 is 1.96 bits per heavy atom. The molecule has 0 aliphatic heterocycles. The van der Waals surface area contributed by atoms with Crippen molar-refractivity contribution in [1.82, 2.24) is 9.97 Å². The van der Waals surface area contributed by atoms with Gasteiger partial charge in [-0.2, -0.15) is 0 Å². The lowest BCUT2D eigenvalue weighted by Crippen LogP contribution is -2.09. The van der Waals surface area contributed by atoms with Crippen LogP contribution in [0.5, 0.6) is 0 Å². The number of rotatable bonds is 7. The average Bonchev–Trinajstić information content (AvgIpc) is 3.00. The van der Waals surface area contributed by atoms with Gasteiger partial charge in [0.1, 0.15) is 28.5 Å². The maximum absolute atomic E-state index is 12.3. The van der Waals surface area contributed by atoms with Gasteiger partial charge in [0.25, 0.3) is 0 Å². The second-order valence-electron chi connectivity index (χ2n) is 5.76. The van der Waals surface area contributed by atoms with E-state index in [9.17, 15) is 4.79 Å². The Kier molecular flexibility index (Phi) is 5.80. The molecule has 0 saturated heterocycles. The number of nitrogens with zero attached hydrogens (tertiary/aromatic N) is 2. The summed E-state index contributed by atoms with van der Waals surface area (Å²) in [5.74, 6) is 0.324. The first-order valence-electron chi connectivity index (χ1n) is 8.40. The van der Waals surface area contributed by atoms with E-state index in [0.717, 1.165) is 27.9 Å². The van der Waals surface area contributed by atoms with Crippen LogP contribution in [0.1, 0.15) is 27.7 Å². The fourth-order valence-corrected chi connectivity index (χ4v) is 3.65. The Morgan fingerprint density at radius 3 is 2.65 bits per heavy atom. The normalized spacial score (nSPS) is 10.9. The molecule has 0 amide bonds. The van der Waals surface area contributed by atoms with E-state index in [4.69, 9.17) is 9.47 Å². The van der Waals surface area contributed by atoms with E-state index in [1.165, 1.54) is 23.2 Å². The molecule has 1 N–H and O–H groups in total. The van der Waals surface area contributed by atoms with Crippen molar-refractivity contribution < 1.29 is 14.3 Å². The Bertz CT molecular complexity index is 906. The van der Waals surface area contributed by atoms with Crippen LogP contribution in [0.3, 0.4) is 0 Å². The number of aryl methyl sites for hydroxylation is 2. The minimum Gasteiger partial charge on any atom is -0.459 e. The first-order valence-corrected chi connectivity index (χ1v) is 9.21. The molecule has 0 fully saturated rings. The lowest BCUT2D eigenvalue weighted by Gasteiger charge is -2.08. The van der Waals surface area contributed by atoms with Gasteiger partial charge in [-0.05, 0) is 36.6 Å². The summed E-state index contributed by atoms with van der Waals surface area (Å²) < 4.78 is 10.2. The number of thiophene rings is 1. The fraction of sp³-hybridized carbons (Fsp3) is 0.316. The molecule has 3 rings (SSSR count). The molecule has 0 bridgehead atoms. The first kappa shape index (κ1) is 18.3. The average molecular weight is 371 g/mol. The molecule has 1 aromatic carbocycles. The summed E-state index contributed by atoms with van der Waals surface area (Å²) in [6.07, 6.45) is 2.50. The molecule has 136 valence electrons. The van der Waals surface area contributed by atoms with Crippen LogP contribution in [0.2, 0.25) is 0 Å². The van der Waals surface area contributed by atoms with Gasteiger partial charge in [-0.3, -0.25) is 0 Å². The number of carbonyl (C=O) groups excluding carboxylic acids is 1. The van der Waals surface area contributed by atoms with E-state index in [2.05, 4.69) is 34.3 Å². The third-order valence-electron chi connectivity index (χ3n) is 4.06. The van der Waals surface area contributed by atoms with Gasteiger partial charge < -0.3 is 14.8 Å². The number of fused-ring (bicyclic) bond motifs is 1. The number of esters is 1. The SMILES string of the molecule is CCc1ccc(Nc2ncnc3sc(C(=O)OCCOC)c(C)c23)cc1. The van der Waals surface area contributed by atoms with Crippen LogP contribution < -0.4 is 5.32 Å². The molecule has 2 heterocycles. The molecule has 0 aliphatic carbocycles. The molecule has 0 unspecified atom stereocenters. The van der Waals surface area contributed by atoms with Gasteiger partial charge >= 0.3 is 5.97 Å². The molecule has 7 heteroatoms. The smallest absolute Gasteiger partial charge is 0.348 e. The second kappa shape index (κ2) is 8.25. The maximum atomic E-state index is 12.3. The van der Waals surface area contributed by atoms with Gasteiger partial charge in [0, 0.05) is 12.8 Å². The molecule has 0 radical (unpaired) electrons. The fourth-order valence-electron chi connectivity index (χ4n) is 2.60. The quantitative estimate of drug-likeness (QED) is 0.498. The number of ether oxygens (including phenoxy) is 2. The van der Waals surface area contributed by atoms with Crippen LogP contribution in [-0.4, -0.2) is 36.3 Å². The predicted octanol–water partition coefficient (Wildman–Crippen LogP) is 4.11. The minimum atomic E-state index is -0.360. The topological polar surface area (TPSA) is 73.3 Å². The summed E-state index contributed by atoms with van der Waals surface area (Å²) in [6, 6.07) is 8.21. The van der Waals surface area contributed by atoms with Crippen LogP contribution in [0.15, 0.2) is 30.6 Å². The van der Waals surface area contributed by atoms with Crippen molar-refractivity contribution in [2.75, 3.05) is 25.6 Å². The molecule has 0 spiro atoms. The Morgan fingerprint density at radius 1 is 1.19 bits per heavy atom. The molecule has 3 aromatic rings. The highest BCUT2D eigenvalue weighted by molar-refractivity contribution is 7.20. The standard InChI is InChI=1S/C19H21N3O3S/c1-4-13-5-7-14(8-6-13)22-17-15-12(2)16(19(23)25-10-9-24-3)26-18(15)21-11-20-17/h5-8,11H,4,9-10H2,1-3H3,(H,20,21,22). The van der Waals surface area contributed by atoms with Gasteiger partial charge in [0.15, 0.2) is 0 Å². The number of carbonyl (C=O) groups is 1. The van der Waals surface area contributed by atoms with Crippen LogP contribution >= 0.6 is 11.3 Å². The summed E-state index contributed by atoms with van der Waals surface area (Å²) >= 11 is 1.31. The van der Waals surface area contributed by atoms with Gasteiger partial charge in [-0.1, -0.05) is 19.1 Å². The van der Waals surface area contributed by atoms with E-state index in [0.29, 0.717) is 17.3 Å². The monoisotopic (exact) mass is 371 g/mol. The van der Waals surface area contributed by atoms with Crippen molar-refractivity contribution in [2.24, 2.45) is 0 Å². The number of benzene rings is 1. The lowest BCUT2D eigenvalue weighted by atomic mass is 10.1. The Labute approximate surface area is 156 Å². The number of methoxy groups -OCH3 is 1. The molecule has 0 atom stereocenters. The highest BCUT2D eigenvalue weighted by atomic mass is 32.1. The molecule has 0 saturated carbocycles. The molecule has 2 aromatic heterocycles. The van der Waals surface area contributed by atoms with Crippen molar-refractivity contribution >= 4 is 39.0 Å². The Hall–Kier alpha value is -2.51. The van der Waals surface area contributed by atoms with Crippen molar-refractivity contribution in [2.45, 2.75) is 20.3 Å². The van der Waals surface area contributed by atoms with E-state index < -0.39 is 0 Å². The van der Waals surface area contributed by atoms with Gasteiger partial charge in [0.05, 0.1) is 12.0 Å². The van der Waals surface area contributed by atoms with E-state index in [-0.39, 0.29) is 12.6 Å². The highest BCUT2D eigenvalue weighted by Crippen LogP contribution is 2.34.